The fraction of sp³-hybridized carbons (Fsp3) is 0.333. The van der Waals surface area contributed by atoms with Gasteiger partial charge in [-0.2, -0.15) is 5.10 Å². The molecule has 0 aliphatic carbocycles. The molecule has 1 aliphatic heterocycles. The first-order valence-electron chi connectivity index (χ1n) is 6.36. The number of H-pyrrole nitrogens is 1. The van der Waals surface area contributed by atoms with Crippen molar-refractivity contribution in [1.82, 2.24) is 19.9 Å². The molecule has 0 atom stereocenters. The minimum absolute atomic E-state index is 0.0901. The van der Waals surface area contributed by atoms with Crippen LogP contribution in [-0.4, -0.2) is 30.1 Å². The quantitative estimate of drug-likeness (QED) is 0.768. The van der Waals surface area contributed by atoms with Gasteiger partial charge in [0.1, 0.15) is 12.2 Å². The van der Waals surface area contributed by atoms with Crippen LogP contribution in [0.2, 0.25) is 0 Å². The van der Waals surface area contributed by atoms with Gasteiger partial charge in [-0.05, 0) is 30.5 Å². The van der Waals surface area contributed by atoms with Crippen molar-refractivity contribution in [3.05, 3.63) is 35.9 Å². The fourth-order valence-corrected chi connectivity index (χ4v) is 3.18. The van der Waals surface area contributed by atoms with E-state index in [2.05, 4.69) is 25.2 Å². The Hall–Kier alpha value is -1.93. The lowest BCUT2D eigenvalue weighted by Crippen LogP contribution is -2.24. The summed E-state index contributed by atoms with van der Waals surface area (Å²) in [6.45, 7) is 0.967. The van der Waals surface area contributed by atoms with E-state index in [1.807, 2.05) is 6.07 Å². The molecule has 106 valence electrons. The van der Waals surface area contributed by atoms with Gasteiger partial charge in [0.2, 0.25) is 10.0 Å². The number of rotatable bonds is 4. The fourth-order valence-electron chi connectivity index (χ4n) is 2.17. The van der Waals surface area contributed by atoms with E-state index in [1.165, 1.54) is 6.33 Å². The number of nitrogens with one attached hydrogen (secondary N) is 3. The standard InChI is InChI=1S/C12H15N5O2S/c18-20(19,16-7-12-14-8-15-17-12)10-4-3-9-2-1-5-13-11(9)6-10/h3-4,6,8,13,16H,1-2,5,7H2,(H,14,15,17). The van der Waals surface area contributed by atoms with Gasteiger partial charge in [-0.25, -0.2) is 18.1 Å². The summed E-state index contributed by atoms with van der Waals surface area (Å²) in [4.78, 5) is 4.13. The Morgan fingerprint density at radius 3 is 3.05 bits per heavy atom. The van der Waals surface area contributed by atoms with Gasteiger partial charge in [-0.15, -0.1) is 0 Å². The lowest BCUT2D eigenvalue weighted by molar-refractivity contribution is 0.579. The summed E-state index contributed by atoms with van der Waals surface area (Å²) in [5.74, 6) is 0.477. The number of aromatic nitrogens is 3. The summed E-state index contributed by atoms with van der Waals surface area (Å²) in [5.41, 5.74) is 2.06. The molecule has 0 unspecified atom stereocenters. The topological polar surface area (TPSA) is 99.8 Å². The van der Waals surface area contributed by atoms with E-state index in [1.54, 1.807) is 12.1 Å². The number of anilines is 1. The van der Waals surface area contributed by atoms with Crippen LogP contribution < -0.4 is 10.0 Å². The molecule has 1 aliphatic rings. The maximum atomic E-state index is 12.2. The zero-order valence-corrected chi connectivity index (χ0v) is 11.6. The third kappa shape index (κ3) is 2.66. The third-order valence-electron chi connectivity index (χ3n) is 3.22. The zero-order chi connectivity index (χ0) is 14.0. The monoisotopic (exact) mass is 293 g/mol. The minimum Gasteiger partial charge on any atom is -0.385 e. The average molecular weight is 293 g/mol. The van der Waals surface area contributed by atoms with Gasteiger partial charge >= 0.3 is 0 Å². The first kappa shape index (κ1) is 13.1. The molecule has 1 aromatic carbocycles. The van der Waals surface area contributed by atoms with Crippen LogP contribution >= 0.6 is 0 Å². The van der Waals surface area contributed by atoms with Gasteiger partial charge in [-0.1, -0.05) is 6.07 Å². The molecular formula is C12H15N5O2S. The van der Waals surface area contributed by atoms with Crippen molar-refractivity contribution in [3.8, 4) is 0 Å². The van der Waals surface area contributed by atoms with Crippen molar-refractivity contribution < 1.29 is 8.42 Å². The van der Waals surface area contributed by atoms with Crippen molar-refractivity contribution in [3.63, 3.8) is 0 Å². The molecule has 20 heavy (non-hydrogen) atoms. The number of hydrogen-bond donors (Lipinski definition) is 3. The maximum Gasteiger partial charge on any atom is 0.241 e. The minimum atomic E-state index is -3.55. The number of sulfonamides is 1. The molecule has 0 spiro atoms. The second kappa shape index (κ2) is 5.22. The molecule has 0 saturated carbocycles. The second-order valence-corrected chi connectivity index (χ2v) is 6.37. The van der Waals surface area contributed by atoms with Crippen molar-refractivity contribution >= 4 is 15.7 Å². The molecule has 2 aromatic rings. The molecule has 0 saturated heterocycles. The van der Waals surface area contributed by atoms with Crippen molar-refractivity contribution in [2.24, 2.45) is 0 Å². The molecule has 2 heterocycles. The highest BCUT2D eigenvalue weighted by molar-refractivity contribution is 7.89. The second-order valence-electron chi connectivity index (χ2n) is 4.61. The molecule has 1 aromatic heterocycles. The van der Waals surface area contributed by atoms with Gasteiger partial charge in [-0.3, -0.25) is 5.10 Å². The van der Waals surface area contributed by atoms with Crippen molar-refractivity contribution in [1.29, 1.82) is 0 Å². The Labute approximate surface area is 116 Å². The van der Waals surface area contributed by atoms with E-state index in [0.717, 1.165) is 30.6 Å². The third-order valence-corrected chi connectivity index (χ3v) is 4.62. The largest absolute Gasteiger partial charge is 0.385 e. The molecule has 8 heteroatoms. The number of benzene rings is 1. The molecule has 3 N–H and O–H groups in total. The Bertz CT molecular complexity index is 697. The molecule has 0 amide bonds. The Morgan fingerprint density at radius 1 is 1.35 bits per heavy atom. The molecule has 0 fully saturated rings. The summed E-state index contributed by atoms with van der Waals surface area (Å²) >= 11 is 0. The maximum absolute atomic E-state index is 12.2. The molecule has 7 nitrogen and oxygen atoms in total. The van der Waals surface area contributed by atoms with E-state index in [4.69, 9.17) is 0 Å². The zero-order valence-electron chi connectivity index (χ0n) is 10.8. The first-order valence-corrected chi connectivity index (χ1v) is 7.84. The predicted molar refractivity (Wildman–Crippen MR) is 73.7 cm³/mol. The molecular weight excluding hydrogens is 278 g/mol. The Morgan fingerprint density at radius 2 is 2.25 bits per heavy atom. The van der Waals surface area contributed by atoms with Crippen LogP contribution in [0, 0.1) is 0 Å². The SMILES string of the molecule is O=S(=O)(NCc1ncn[nH]1)c1ccc2c(c1)NCCC2. The van der Waals surface area contributed by atoms with Gasteiger partial charge in [0.25, 0.3) is 0 Å². The number of aryl methyl sites for hydroxylation is 1. The van der Waals surface area contributed by atoms with Crippen LogP contribution in [0.4, 0.5) is 5.69 Å². The van der Waals surface area contributed by atoms with E-state index in [-0.39, 0.29) is 11.4 Å². The number of aromatic amines is 1. The van der Waals surface area contributed by atoms with E-state index in [0.29, 0.717) is 5.82 Å². The van der Waals surface area contributed by atoms with Gasteiger partial charge in [0, 0.05) is 12.2 Å². The highest BCUT2D eigenvalue weighted by Crippen LogP contribution is 2.25. The van der Waals surface area contributed by atoms with E-state index in [9.17, 15) is 8.42 Å². The number of fused-ring (bicyclic) bond motifs is 1. The summed E-state index contributed by atoms with van der Waals surface area (Å²) < 4.78 is 26.9. The van der Waals surface area contributed by atoms with E-state index < -0.39 is 10.0 Å². The summed E-state index contributed by atoms with van der Waals surface area (Å²) in [5, 5.41) is 9.51. The van der Waals surface area contributed by atoms with Crippen molar-refractivity contribution in [2.45, 2.75) is 24.3 Å². The number of nitrogens with zero attached hydrogens (tertiary/aromatic N) is 2. The Balaban J connectivity index is 1.80. The average Bonchev–Trinajstić information content (AvgIpc) is 2.98. The van der Waals surface area contributed by atoms with Gasteiger partial charge < -0.3 is 5.32 Å². The van der Waals surface area contributed by atoms with Gasteiger partial charge in [0.05, 0.1) is 11.4 Å². The smallest absolute Gasteiger partial charge is 0.241 e. The lowest BCUT2D eigenvalue weighted by Gasteiger charge is -2.18. The van der Waals surface area contributed by atoms with E-state index >= 15 is 0 Å². The van der Waals surface area contributed by atoms with Crippen LogP contribution in [0.15, 0.2) is 29.4 Å². The highest BCUT2D eigenvalue weighted by Gasteiger charge is 2.17. The Kier molecular flexibility index (Phi) is 3.41. The summed E-state index contributed by atoms with van der Waals surface area (Å²) in [7, 11) is -3.55. The van der Waals surface area contributed by atoms with Crippen LogP contribution in [0.5, 0.6) is 0 Å². The summed E-state index contributed by atoms with van der Waals surface area (Å²) in [6.07, 6.45) is 3.39. The number of hydrogen-bond acceptors (Lipinski definition) is 5. The van der Waals surface area contributed by atoms with Crippen molar-refractivity contribution in [2.75, 3.05) is 11.9 Å². The molecule has 3 rings (SSSR count). The molecule has 0 radical (unpaired) electrons. The predicted octanol–water partition coefficient (Wildman–Crippen LogP) is 0.641. The van der Waals surface area contributed by atoms with Crippen LogP contribution in [0.25, 0.3) is 0 Å². The molecule has 0 bridgehead atoms. The van der Waals surface area contributed by atoms with Gasteiger partial charge in [0.15, 0.2) is 0 Å². The lowest BCUT2D eigenvalue weighted by atomic mass is 10.0. The normalized spacial score (nSPS) is 14.6. The van der Waals surface area contributed by atoms with Crippen LogP contribution in [-0.2, 0) is 23.0 Å². The summed E-state index contributed by atoms with van der Waals surface area (Å²) in [6, 6.07) is 5.18. The van der Waals surface area contributed by atoms with Crippen LogP contribution in [0.3, 0.4) is 0 Å². The van der Waals surface area contributed by atoms with Crippen LogP contribution in [0.1, 0.15) is 17.8 Å². The first-order chi connectivity index (χ1) is 9.65. The highest BCUT2D eigenvalue weighted by atomic mass is 32.2.